The van der Waals surface area contributed by atoms with Crippen LogP contribution in [0.15, 0.2) is 36.4 Å². The van der Waals surface area contributed by atoms with Crippen LogP contribution in [0.25, 0.3) is 0 Å². The average Bonchev–Trinajstić information content (AvgIpc) is 2.34. The summed E-state index contributed by atoms with van der Waals surface area (Å²) in [5.41, 5.74) is 5.92. The Labute approximate surface area is 97.1 Å². The first-order chi connectivity index (χ1) is 8.19. The van der Waals surface area contributed by atoms with Crippen LogP contribution in [0.5, 0.6) is 11.6 Å². The highest BCUT2D eigenvalue weighted by Gasteiger charge is 2.04. The number of rotatable bonds is 2. The molecule has 2 rings (SSSR count). The first kappa shape index (κ1) is 10.9. The number of pyridine rings is 1. The average molecular weight is 229 g/mol. The van der Waals surface area contributed by atoms with Crippen molar-refractivity contribution in [2.45, 2.75) is 0 Å². The third kappa shape index (κ3) is 2.49. The van der Waals surface area contributed by atoms with Gasteiger partial charge in [-0.15, -0.1) is 0 Å². The second-order valence-electron chi connectivity index (χ2n) is 3.26. The van der Waals surface area contributed by atoms with Gasteiger partial charge in [-0.3, -0.25) is 0 Å². The molecule has 0 aliphatic heterocycles. The second kappa shape index (κ2) is 4.49. The first-order valence-electron chi connectivity index (χ1n) is 4.79. The molecule has 0 aliphatic carbocycles. The quantitative estimate of drug-likeness (QED) is 0.858. The van der Waals surface area contributed by atoms with E-state index in [0.29, 0.717) is 11.4 Å². The van der Waals surface area contributed by atoms with Gasteiger partial charge in [0.2, 0.25) is 5.88 Å². The fourth-order valence-electron chi connectivity index (χ4n) is 1.22. The van der Waals surface area contributed by atoms with E-state index in [2.05, 4.69) is 4.98 Å². The van der Waals surface area contributed by atoms with Gasteiger partial charge in [0.05, 0.1) is 5.69 Å². The molecule has 0 amide bonds. The first-order valence-corrected chi connectivity index (χ1v) is 4.79. The van der Waals surface area contributed by atoms with Gasteiger partial charge in [0.15, 0.2) is 5.69 Å². The van der Waals surface area contributed by atoms with Crippen molar-refractivity contribution in [3.63, 3.8) is 0 Å². The lowest BCUT2D eigenvalue weighted by atomic mass is 10.3. The number of ether oxygens (including phenoxy) is 1. The summed E-state index contributed by atoms with van der Waals surface area (Å²) in [6.45, 7) is 0. The highest BCUT2D eigenvalue weighted by Crippen LogP contribution is 2.21. The number of nitrogen functional groups attached to an aromatic ring is 1. The molecular formula is C12H8FN3O. The third-order valence-electron chi connectivity index (χ3n) is 2.04. The standard InChI is InChI=1S/C12H8FN3O/c13-8-1-3-9(4-2-8)17-12-6-5-10(15)11(7-14)16-12/h1-6H,15H2. The second-order valence-corrected chi connectivity index (χ2v) is 3.26. The SMILES string of the molecule is N#Cc1nc(Oc2ccc(F)cc2)ccc1N. The number of nitrogens with two attached hydrogens (primary N) is 1. The van der Waals surface area contributed by atoms with Gasteiger partial charge in [-0.2, -0.15) is 5.26 Å². The van der Waals surface area contributed by atoms with Crippen molar-refractivity contribution in [2.24, 2.45) is 0 Å². The van der Waals surface area contributed by atoms with Crippen LogP contribution in [-0.4, -0.2) is 4.98 Å². The van der Waals surface area contributed by atoms with E-state index in [1.54, 1.807) is 6.07 Å². The molecule has 84 valence electrons. The Morgan fingerprint density at radius 1 is 1.18 bits per heavy atom. The number of anilines is 1. The van der Waals surface area contributed by atoms with E-state index in [0.717, 1.165) is 0 Å². The van der Waals surface area contributed by atoms with Crippen LogP contribution in [0.1, 0.15) is 5.69 Å². The molecule has 0 radical (unpaired) electrons. The van der Waals surface area contributed by atoms with Gasteiger partial charge in [0, 0.05) is 6.07 Å². The summed E-state index contributed by atoms with van der Waals surface area (Å²) in [6.07, 6.45) is 0. The smallest absolute Gasteiger partial charge is 0.220 e. The number of benzene rings is 1. The number of halogens is 1. The fourth-order valence-corrected chi connectivity index (χ4v) is 1.22. The van der Waals surface area contributed by atoms with Crippen LogP contribution in [0, 0.1) is 17.1 Å². The van der Waals surface area contributed by atoms with Crippen molar-refractivity contribution in [2.75, 3.05) is 5.73 Å². The van der Waals surface area contributed by atoms with Gasteiger partial charge in [-0.05, 0) is 30.3 Å². The predicted molar refractivity (Wildman–Crippen MR) is 59.8 cm³/mol. The summed E-state index contributed by atoms with van der Waals surface area (Å²) in [4.78, 5) is 3.91. The molecule has 1 aromatic heterocycles. The zero-order valence-corrected chi connectivity index (χ0v) is 8.72. The van der Waals surface area contributed by atoms with E-state index in [1.807, 2.05) is 6.07 Å². The van der Waals surface area contributed by atoms with Crippen molar-refractivity contribution in [1.29, 1.82) is 5.26 Å². The van der Waals surface area contributed by atoms with Crippen LogP contribution in [0.4, 0.5) is 10.1 Å². The van der Waals surface area contributed by atoms with Gasteiger partial charge in [-0.25, -0.2) is 9.37 Å². The van der Waals surface area contributed by atoms with Gasteiger partial charge < -0.3 is 10.5 Å². The lowest BCUT2D eigenvalue weighted by molar-refractivity contribution is 0.461. The third-order valence-corrected chi connectivity index (χ3v) is 2.04. The minimum atomic E-state index is -0.347. The van der Waals surface area contributed by atoms with Crippen LogP contribution >= 0.6 is 0 Å². The van der Waals surface area contributed by atoms with Crippen LogP contribution in [0.2, 0.25) is 0 Å². The summed E-state index contributed by atoms with van der Waals surface area (Å²) >= 11 is 0. The molecule has 0 fully saturated rings. The summed E-state index contributed by atoms with van der Waals surface area (Å²) in [6, 6.07) is 10.4. The Kier molecular flexibility index (Phi) is 2.88. The minimum Gasteiger partial charge on any atom is -0.439 e. The van der Waals surface area contributed by atoms with E-state index in [1.165, 1.54) is 30.3 Å². The normalized spacial score (nSPS) is 9.65. The summed E-state index contributed by atoms with van der Waals surface area (Å²) in [5, 5.41) is 8.75. The number of aromatic nitrogens is 1. The van der Waals surface area contributed by atoms with E-state index in [-0.39, 0.29) is 17.4 Å². The van der Waals surface area contributed by atoms with Crippen molar-refractivity contribution in [3.8, 4) is 17.7 Å². The van der Waals surface area contributed by atoms with Crippen LogP contribution in [-0.2, 0) is 0 Å². The Balaban J connectivity index is 2.25. The molecule has 0 aliphatic rings. The Morgan fingerprint density at radius 2 is 1.88 bits per heavy atom. The molecule has 0 saturated heterocycles. The number of nitriles is 1. The molecule has 5 heteroatoms. The van der Waals surface area contributed by atoms with Gasteiger partial charge >= 0.3 is 0 Å². The predicted octanol–water partition coefficient (Wildman–Crippen LogP) is 2.47. The van der Waals surface area contributed by atoms with Crippen molar-refractivity contribution >= 4 is 5.69 Å². The molecule has 0 unspecified atom stereocenters. The van der Waals surface area contributed by atoms with Crippen molar-refractivity contribution in [1.82, 2.24) is 4.98 Å². The fraction of sp³-hybridized carbons (Fsp3) is 0. The number of nitrogens with zero attached hydrogens (tertiary/aromatic N) is 2. The molecule has 0 saturated carbocycles. The van der Waals surface area contributed by atoms with E-state index >= 15 is 0 Å². The summed E-state index contributed by atoms with van der Waals surface area (Å²) < 4.78 is 18.0. The zero-order valence-electron chi connectivity index (χ0n) is 8.72. The molecule has 17 heavy (non-hydrogen) atoms. The highest BCUT2D eigenvalue weighted by atomic mass is 19.1. The Morgan fingerprint density at radius 3 is 2.53 bits per heavy atom. The monoisotopic (exact) mass is 229 g/mol. The number of hydrogen-bond donors (Lipinski definition) is 1. The summed E-state index contributed by atoms with van der Waals surface area (Å²) in [7, 11) is 0. The minimum absolute atomic E-state index is 0.101. The lowest BCUT2D eigenvalue weighted by Crippen LogP contribution is -1.96. The van der Waals surface area contributed by atoms with Gasteiger partial charge in [0.25, 0.3) is 0 Å². The molecule has 4 nitrogen and oxygen atoms in total. The molecule has 2 aromatic rings. The van der Waals surface area contributed by atoms with Crippen LogP contribution in [0.3, 0.4) is 0 Å². The largest absolute Gasteiger partial charge is 0.439 e. The maximum atomic E-state index is 12.7. The maximum Gasteiger partial charge on any atom is 0.220 e. The molecule has 1 aromatic carbocycles. The van der Waals surface area contributed by atoms with Gasteiger partial charge in [0.1, 0.15) is 17.6 Å². The van der Waals surface area contributed by atoms with Crippen molar-refractivity contribution < 1.29 is 9.13 Å². The highest BCUT2D eigenvalue weighted by molar-refractivity contribution is 5.51. The van der Waals surface area contributed by atoms with Gasteiger partial charge in [-0.1, -0.05) is 0 Å². The topological polar surface area (TPSA) is 71.9 Å². The van der Waals surface area contributed by atoms with E-state index in [9.17, 15) is 4.39 Å². The maximum absolute atomic E-state index is 12.7. The van der Waals surface area contributed by atoms with Crippen LogP contribution < -0.4 is 10.5 Å². The molecular weight excluding hydrogens is 221 g/mol. The molecule has 0 spiro atoms. The zero-order chi connectivity index (χ0) is 12.3. The number of hydrogen-bond acceptors (Lipinski definition) is 4. The van der Waals surface area contributed by atoms with E-state index in [4.69, 9.17) is 15.7 Å². The van der Waals surface area contributed by atoms with E-state index < -0.39 is 0 Å². The summed E-state index contributed by atoms with van der Waals surface area (Å²) in [5.74, 6) is 0.329. The Bertz CT molecular complexity index is 575. The molecule has 2 N–H and O–H groups in total. The molecule has 0 bridgehead atoms. The molecule has 1 heterocycles. The lowest BCUT2D eigenvalue weighted by Gasteiger charge is -2.05. The Hall–Kier alpha value is -2.61. The molecule has 0 atom stereocenters. The van der Waals surface area contributed by atoms with Crippen molar-refractivity contribution in [3.05, 3.63) is 47.9 Å².